The van der Waals surface area contributed by atoms with Crippen molar-refractivity contribution >= 4 is 6.09 Å². The predicted molar refractivity (Wildman–Crippen MR) is 73.3 cm³/mol. The Bertz CT molecular complexity index is 489. The van der Waals surface area contributed by atoms with Crippen LogP contribution in [0.4, 0.5) is 13.6 Å². The topological polar surface area (TPSA) is 58.2 Å². The zero-order chi connectivity index (χ0) is 15.6. The highest BCUT2D eigenvalue weighted by molar-refractivity contribution is 5.68. The molecule has 1 aliphatic rings. The van der Waals surface area contributed by atoms with Crippen LogP contribution in [-0.4, -0.2) is 39.7 Å². The predicted octanol–water partition coefficient (Wildman–Crippen LogP) is 3.46. The number of alkyl halides is 2. The van der Waals surface area contributed by atoms with Crippen LogP contribution in [0.15, 0.2) is 6.20 Å². The molecule has 0 atom stereocenters. The first kappa shape index (κ1) is 15.7. The third-order valence-electron chi connectivity index (χ3n) is 3.38. The number of likely N-dealkylation sites (tertiary alicyclic amines) is 1. The van der Waals surface area contributed by atoms with Gasteiger partial charge in [0.25, 0.3) is 6.43 Å². The molecule has 1 aliphatic heterocycles. The van der Waals surface area contributed by atoms with Crippen molar-refractivity contribution in [1.29, 1.82) is 0 Å². The van der Waals surface area contributed by atoms with Gasteiger partial charge in [0.2, 0.25) is 0 Å². The van der Waals surface area contributed by atoms with Crippen LogP contribution in [0.3, 0.4) is 0 Å². The maximum absolute atomic E-state index is 12.5. The number of halogens is 2. The highest BCUT2D eigenvalue weighted by Crippen LogP contribution is 2.28. The molecule has 7 heteroatoms. The number of nitrogens with one attached hydrogen (secondary N) is 1. The van der Waals surface area contributed by atoms with Crippen LogP contribution < -0.4 is 0 Å². The maximum Gasteiger partial charge on any atom is 0.410 e. The van der Waals surface area contributed by atoms with Crippen molar-refractivity contribution in [3.8, 4) is 0 Å². The van der Waals surface area contributed by atoms with Crippen LogP contribution in [0.2, 0.25) is 0 Å². The highest BCUT2D eigenvalue weighted by atomic mass is 19.3. The van der Waals surface area contributed by atoms with Crippen molar-refractivity contribution < 1.29 is 18.3 Å². The molecule has 0 aliphatic carbocycles. The smallest absolute Gasteiger partial charge is 0.410 e. The van der Waals surface area contributed by atoms with Crippen LogP contribution in [0.5, 0.6) is 0 Å². The second-order valence-electron chi connectivity index (χ2n) is 6.27. The van der Waals surface area contributed by atoms with Crippen LogP contribution in [0.1, 0.15) is 57.5 Å². The number of hydrogen-bond donors (Lipinski definition) is 1. The third kappa shape index (κ3) is 4.15. The molecule has 0 unspecified atom stereocenters. The number of ether oxygens (including phenoxy) is 1. The lowest BCUT2D eigenvalue weighted by Gasteiger charge is -2.32. The van der Waals surface area contributed by atoms with E-state index in [4.69, 9.17) is 4.74 Å². The Hall–Kier alpha value is -1.66. The minimum Gasteiger partial charge on any atom is -0.444 e. The molecule has 1 fully saturated rings. The minimum absolute atomic E-state index is 0.0798. The molecule has 1 aromatic heterocycles. The Morgan fingerprint density at radius 2 is 2.05 bits per heavy atom. The number of H-pyrrole nitrogens is 1. The van der Waals surface area contributed by atoms with Gasteiger partial charge in [-0.25, -0.2) is 18.6 Å². The lowest BCUT2D eigenvalue weighted by atomic mass is 9.96. The summed E-state index contributed by atoms with van der Waals surface area (Å²) in [5, 5.41) is 0. The van der Waals surface area contributed by atoms with Crippen LogP contribution in [-0.2, 0) is 4.74 Å². The summed E-state index contributed by atoms with van der Waals surface area (Å²) in [6.07, 6.45) is -0.299. The van der Waals surface area contributed by atoms with Crippen molar-refractivity contribution in [2.75, 3.05) is 13.1 Å². The van der Waals surface area contributed by atoms with Gasteiger partial charge in [0.1, 0.15) is 17.1 Å². The quantitative estimate of drug-likeness (QED) is 0.910. The lowest BCUT2D eigenvalue weighted by Crippen LogP contribution is -2.41. The SMILES string of the molecule is CC(C)(C)OC(=O)N1CCC(c2ncc(C(F)F)[nH]2)CC1. The normalized spacial score (nSPS) is 17.3. The van der Waals surface area contributed by atoms with Crippen LogP contribution >= 0.6 is 0 Å². The molecule has 0 saturated carbocycles. The number of nitrogens with zero attached hydrogens (tertiary/aromatic N) is 2. The summed E-state index contributed by atoms with van der Waals surface area (Å²) >= 11 is 0. The van der Waals surface area contributed by atoms with E-state index >= 15 is 0 Å². The molecule has 0 bridgehead atoms. The second-order valence-corrected chi connectivity index (χ2v) is 6.27. The van der Waals surface area contributed by atoms with Gasteiger partial charge in [-0.15, -0.1) is 0 Å². The average Bonchev–Trinajstić information content (AvgIpc) is 2.86. The summed E-state index contributed by atoms with van der Waals surface area (Å²) in [6.45, 7) is 6.57. The summed E-state index contributed by atoms with van der Waals surface area (Å²) in [7, 11) is 0. The molecular weight excluding hydrogens is 280 g/mol. The van der Waals surface area contributed by atoms with E-state index in [0.29, 0.717) is 31.8 Å². The summed E-state index contributed by atoms with van der Waals surface area (Å²) in [5.41, 5.74) is -0.666. The van der Waals surface area contributed by atoms with Crippen molar-refractivity contribution in [3.05, 3.63) is 17.7 Å². The van der Waals surface area contributed by atoms with Gasteiger partial charge in [0, 0.05) is 19.0 Å². The zero-order valence-electron chi connectivity index (χ0n) is 12.5. The van der Waals surface area contributed by atoms with Crippen molar-refractivity contribution in [2.24, 2.45) is 0 Å². The number of aromatic nitrogens is 2. The summed E-state index contributed by atoms with van der Waals surface area (Å²) in [4.78, 5) is 20.3. The molecule has 0 spiro atoms. The molecule has 2 heterocycles. The maximum atomic E-state index is 12.5. The minimum atomic E-state index is -2.53. The summed E-state index contributed by atoms with van der Waals surface area (Å²) < 4.78 is 30.4. The Morgan fingerprint density at radius 1 is 1.43 bits per heavy atom. The number of piperidine rings is 1. The van der Waals surface area contributed by atoms with Crippen molar-refractivity contribution in [3.63, 3.8) is 0 Å². The molecule has 1 saturated heterocycles. The third-order valence-corrected chi connectivity index (χ3v) is 3.38. The number of carbonyl (C=O) groups excluding carboxylic acids is 1. The van der Waals surface area contributed by atoms with Gasteiger partial charge in [0.15, 0.2) is 0 Å². The molecule has 1 aromatic rings. The summed E-state index contributed by atoms with van der Waals surface area (Å²) in [6, 6.07) is 0. The fraction of sp³-hybridized carbons (Fsp3) is 0.714. The zero-order valence-corrected chi connectivity index (χ0v) is 12.5. The largest absolute Gasteiger partial charge is 0.444 e. The van der Waals surface area contributed by atoms with E-state index in [1.54, 1.807) is 4.90 Å². The molecule has 1 N–H and O–H groups in total. The van der Waals surface area contributed by atoms with Gasteiger partial charge in [-0.05, 0) is 33.6 Å². The van der Waals surface area contributed by atoms with E-state index in [-0.39, 0.29) is 17.7 Å². The van der Waals surface area contributed by atoms with E-state index in [2.05, 4.69) is 9.97 Å². The second kappa shape index (κ2) is 5.99. The van der Waals surface area contributed by atoms with E-state index in [9.17, 15) is 13.6 Å². The molecule has 0 aromatic carbocycles. The first-order chi connectivity index (χ1) is 9.76. The van der Waals surface area contributed by atoms with E-state index < -0.39 is 12.0 Å². The van der Waals surface area contributed by atoms with E-state index in [1.807, 2.05) is 20.8 Å². The summed E-state index contributed by atoms with van der Waals surface area (Å²) in [5.74, 6) is 0.658. The van der Waals surface area contributed by atoms with Gasteiger partial charge in [-0.1, -0.05) is 0 Å². The van der Waals surface area contributed by atoms with Crippen molar-refractivity contribution in [1.82, 2.24) is 14.9 Å². The van der Waals surface area contributed by atoms with Crippen LogP contribution in [0.25, 0.3) is 0 Å². The number of rotatable bonds is 2. The number of amides is 1. The molecule has 5 nitrogen and oxygen atoms in total. The number of hydrogen-bond acceptors (Lipinski definition) is 3. The van der Waals surface area contributed by atoms with E-state index in [0.717, 1.165) is 0 Å². The average molecular weight is 301 g/mol. The number of aromatic amines is 1. The van der Waals surface area contributed by atoms with Gasteiger partial charge in [-0.3, -0.25) is 0 Å². The molecule has 1 amide bonds. The molecular formula is C14H21F2N3O2. The fourth-order valence-electron chi connectivity index (χ4n) is 2.33. The molecule has 21 heavy (non-hydrogen) atoms. The first-order valence-electron chi connectivity index (χ1n) is 7.07. The molecule has 0 radical (unpaired) electrons. The molecule has 2 rings (SSSR count). The van der Waals surface area contributed by atoms with E-state index in [1.165, 1.54) is 6.20 Å². The van der Waals surface area contributed by atoms with Gasteiger partial charge >= 0.3 is 6.09 Å². The number of carbonyl (C=O) groups is 1. The van der Waals surface area contributed by atoms with Gasteiger partial charge < -0.3 is 14.6 Å². The molecule has 118 valence electrons. The monoisotopic (exact) mass is 301 g/mol. The number of imidazole rings is 1. The van der Waals surface area contributed by atoms with Gasteiger partial charge in [0.05, 0.1) is 6.20 Å². The Balaban J connectivity index is 1.89. The van der Waals surface area contributed by atoms with Crippen molar-refractivity contribution in [2.45, 2.75) is 51.6 Å². The standard InChI is InChI=1S/C14H21F2N3O2/c1-14(2,3)21-13(20)19-6-4-9(5-7-19)12-17-8-10(18-12)11(15)16/h8-9,11H,4-7H2,1-3H3,(H,17,18). The first-order valence-corrected chi connectivity index (χ1v) is 7.07. The van der Waals surface area contributed by atoms with Crippen LogP contribution in [0, 0.1) is 0 Å². The highest BCUT2D eigenvalue weighted by Gasteiger charge is 2.28. The Morgan fingerprint density at radius 3 is 2.52 bits per heavy atom. The lowest BCUT2D eigenvalue weighted by molar-refractivity contribution is 0.0203. The van der Waals surface area contributed by atoms with Gasteiger partial charge in [-0.2, -0.15) is 0 Å². The fourth-order valence-corrected chi connectivity index (χ4v) is 2.33. The Kier molecular flexibility index (Phi) is 4.49. The Labute approximate surface area is 122 Å².